The summed E-state index contributed by atoms with van der Waals surface area (Å²) in [5, 5.41) is 0. The summed E-state index contributed by atoms with van der Waals surface area (Å²) < 4.78 is 31.5. The second-order valence-corrected chi connectivity index (χ2v) is 3.57. The second kappa shape index (κ2) is 4.49. The van der Waals surface area contributed by atoms with E-state index in [1.807, 2.05) is 6.92 Å². The Bertz CT molecular complexity index is 558. The van der Waals surface area contributed by atoms with E-state index in [0.717, 1.165) is 18.2 Å². The number of rotatable bonds is 3. The van der Waals surface area contributed by atoms with Crippen LogP contribution in [0.1, 0.15) is 28.8 Å². The van der Waals surface area contributed by atoms with Gasteiger partial charge in [0.15, 0.2) is 5.76 Å². The van der Waals surface area contributed by atoms with Crippen LogP contribution in [0.3, 0.4) is 0 Å². The van der Waals surface area contributed by atoms with Crippen molar-refractivity contribution in [1.82, 2.24) is 0 Å². The van der Waals surface area contributed by atoms with Crippen molar-refractivity contribution in [3.63, 3.8) is 0 Å². The molecule has 2 rings (SSSR count). The van der Waals surface area contributed by atoms with Crippen LogP contribution in [0.2, 0.25) is 0 Å². The van der Waals surface area contributed by atoms with E-state index < -0.39 is 17.4 Å². The van der Waals surface area contributed by atoms with Gasteiger partial charge in [-0.05, 0) is 30.3 Å². The fourth-order valence-electron chi connectivity index (χ4n) is 1.49. The molecule has 2 aromatic rings. The number of halogens is 2. The molecule has 0 atom stereocenters. The lowest BCUT2D eigenvalue weighted by molar-refractivity contribution is 0.100. The molecule has 0 saturated heterocycles. The average Bonchev–Trinajstić information content (AvgIpc) is 2.80. The topological polar surface area (TPSA) is 30.2 Å². The monoisotopic (exact) mass is 236 g/mol. The lowest BCUT2D eigenvalue weighted by atomic mass is 10.1. The zero-order valence-corrected chi connectivity index (χ0v) is 9.17. The summed E-state index contributed by atoms with van der Waals surface area (Å²) in [6.07, 6.45) is 0.638. The summed E-state index contributed by atoms with van der Waals surface area (Å²) in [5.74, 6) is -1.42. The molecule has 2 nitrogen and oxygen atoms in total. The van der Waals surface area contributed by atoms with Gasteiger partial charge in [0.25, 0.3) is 0 Å². The van der Waals surface area contributed by atoms with Gasteiger partial charge in [-0.1, -0.05) is 6.92 Å². The van der Waals surface area contributed by atoms with Crippen molar-refractivity contribution in [2.75, 3.05) is 0 Å². The van der Waals surface area contributed by atoms with Crippen LogP contribution >= 0.6 is 0 Å². The summed E-state index contributed by atoms with van der Waals surface area (Å²) >= 11 is 0. The Balaban J connectivity index is 2.39. The number of hydrogen-bond acceptors (Lipinski definition) is 2. The van der Waals surface area contributed by atoms with Crippen LogP contribution in [0, 0.1) is 11.6 Å². The minimum atomic E-state index is -0.758. The zero-order valence-electron chi connectivity index (χ0n) is 9.17. The Morgan fingerprint density at radius 2 is 2.00 bits per heavy atom. The van der Waals surface area contributed by atoms with Gasteiger partial charge >= 0.3 is 0 Å². The molecule has 17 heavy (non-hydrogen) atoms. The molecule has 1 aromatic heterocycles. The van der Waals surface area contributed by atoms with Crippen LogP contribution in [-0.4, -0.2) is 5.78 Å². The summed E-state index contributed by atoms with van der Waals surface area (Å²) in [5.41, 5.74) is -0.318. The normalized spacial score (nSPS) is 10.5. The summed E-state index contributed by atoms with van der Waals surface area (Å²) in [4.78, 5) is 11.8. The van der Waals surface area contributed by atoms with Crippen molar-refractivity contribution >= 4 is 5.78 Å². The van der Waals surface area contributed by atoms with Gasteiger partial charge in [0.05, 0.1) is 5.56 Å². The highest BCUT2D eigenvalue weighted by molar-refractivity contribution is 6.07. The maximum atomic E-state index is 13.4. The Labute approximate surface area is 96.9 Å². The lowest BCUT2D eigenvalue weighted by Gasteiger charge is -2.00. The van der Waals surface area contributed by atoms with Gasteiger partial charge in [-0.15, -0.1) is 0 Å². The fraction of sp³-hybridized carbons (Fsp3) is 0.154. The molecule has 0 fully saturated rings. The Morgan fingerprint density at radius 3 is 2.65 bits per heavy atom. The van der Waals surface area contributed by atoms with Gasteiger partial charge in [0, 0.05) is 6.42 Å². The van der Waals surface area contributed by atoms with Crippen LogP contribution < -0.4 is 0 Å². The maximum Gasteiger partial charge on any atom is 0.231 e. The van der Waals surface area contributed by atoms with E-state index in [9.17, 15) is 13.6 Å². The minimum Gasteiger partial charge on any atom is -0.458 e. The molecule has 0 bridgehead atoms. The van der Waals surface area contributed by atoms with Gasteiger partial charge < -0.3 is 4.42 Å². The molecule has 88 valence electrons. The third-order valence-electron chi connectivity index (χ3n) is 2.41. The van der Waals surface area contributed by atoms with Crippen molar-refractivity contribution < 1.29 is 18.0 Å². The first-order chi connectivity index (χ1) is 8.11. The number of carbonyl (C=O) groups is 1. The van der Waals surface area contributed by atoms with E-state index in [4.69, 9.17) is 4.42 Å². The fourth-order valence-corrected chi connectivity index (χ4v) is 1.49. The Hall–Kier alpha value is -1.97. The molecule has 4 heteroatoms. The third kappa shape index (κ3) is 2.25. The van der Waals surface area contributed by atoms with Crippen LogP contribution in [0.25, 0.3) is 0 Å². The number of ketones is 1. The van der Waals surface area contributed by atoms with Crippen LogP contribution in [0.15, 0.2) is 34.7 Å². The number of hydrogen-bond donors (Lipinski definition) is 0. The molecular weight excluding hydrogens is 226 g/mol. The first-order valence-electron chi connectivity index (χ1n) is 5.20. The number of aryl methyl sites for hydroxylation is 1. The summed E-state index contributed by atoms with van der Waals surface area (Å²) in [6.45, 7) is 1.87. The molecule has 0 amide bonds. The van der Waals surface area contributed by atoms with Gasteiger partial charge in [-0.25, -0.2) is 8.78 Å². The summed E-state index contributed by atoms with van der Waals surface area (Å²) in [6, 6.07) is 5.86. The standard InChI is InChI=1S/C13H10F2O2/c1-2-9-4-6-12(17-9)13(16)10-7-8(14)3-5-11(10)15/h3-7H,2H2,1H3. The average molecular weight is 236 g/mol. The van der Waals surface area contributed by atoms with Crippen molar-refractivity contribution in [3.8, 4) is 0 Å². The smallest absolute Gasteiger partial charge is 0.231 e. The zero-order chi connectivity index (χ0) is 12.4. The van der Waals surface area contributed by atoms with E-state index in [1.165, 1.54) is 6.07 Å². The molecule has 0 N–H and O–H groups in total. The minimum absolute atomic E-state index is 0.0198. The van der Waals surface area contributed by atoms with E-state index in [0.29, 0.717) is 12.2 Å². The largest absolute Gasteiger partial charge is 0.458 e. The molecule has 0 aliphatic heterocycles. The molecule has 0 radical (unpaired) electrons. The van der Waals surface area contributed by atoms with Gasteiger partial charge in [-0.3, -0.25) is 4.79 Å². The molecule has 0 spiro atoms. The number of carbonyl (C=O) groups excluding carboxylic acids is 1. The van der Waals surface area contributed by atoms with Crippen molar-refractivity contribution in [3.05, 3.63) is 59.1 Å². The lowest BCUT2D eigenvalue weighted by Crippen LogP contribution is -2.03. The molecule has 1 heterocycles. The Kier molecular flexibility index (Phi) is 3.04. The number of furan rings is 1. The predicted octanol–water partition coefficient (Wildman–Crippen LogP) is 3.35. The quantitative estimate of drug-likeness (QED) is 0.765. The first kappa shape index (κ1) is 11.5. The van der Waals surface area contributed by atoms with Crippen molar-refractivity contribution in [2.45, 2.75) is 13.3 Å². The van der Waals surface area contributed by atoms with E-state index in [2.05, 4.69) is 0 Å². The van der Waals surface area contributed by atoms with Crippen LogP contribution in [0.4, 0.5) is 8.78 Å². The number of benzene rings is 1. The van der Waals surface area contributed by atoms with Gasteiger partial charge in [0.2, 0.25) is 5.78 Å². The van der Waals surface area contributed by atoms with E-state index >= 15 is 0 Å². The molecule has 0 aliphatic rings. The molecule has 0 saturated carbocycles. The molecule has 0 unspecified atom stereocenters. The highest BCUT2D eigenvalue weighted by Crippen LogP contribution is 2.17. The highest BCUT2D eigenvalue weighted by atomic mass is 19.1. The van der Waals surface area contributed by atoms with Crippen molar-refractivity contribution in [1.29, 1.82) is 0 Å². The van der Waals surface area contributed by atoms with Crippen LogP contribution in [0.5, 0.6) is 0 Å². The van der Waals surface area contributed by atoms with E-state index in [-0.39, 0.29) is 11.3 Å². The van der Waals surface area contributed by atoms with E-state index in [1.54, 1.807) is 6.07 Å². The molecular formula is C13H10F2O2. The molecule has 0 aliphatic carbocycles. The first-order valence-corrected chi connectivity index (χ1v) is 5.20. The maximum absolute atomic E-state index is 13.4. The predicted molar refractivity (Wildman–Crippen MR) is 57.9 cm³/mol. The molecule has 1 aromatic carbocycles. The SMILES string of the molecule is CCc1ccc(C(=O)c2cc(F)ccc2F)o1. The second-order valence-electron chi connectivity index (χ2n) is 3.57. The van der Waals surface area contributed by atoms with Crippen LogP contribution in [-0.2, 0) is 6.42 Å². The van der Waals surface area contributed by atoms with Gasteiger partial charge in [0.1, 0.15) is 17.4 Å². The van der Waals surface area contributed by atoms with Gasteiger partial charge in [-0.2, -0.15) is 0 Å². The summed E-state index contributed by atoms with van der Waals surface area (Å²) in [7, 11) is 0. The third-order valence-corrected chi connectivity index (χ3v) is 2.41. The Morgan fingerprint density at radius 1 is 1.24 bits per heavy atom. The highest BCUT2D eigenvalue weighted by Gasteiger charge is 2.18. The van der Waals surface area contributed by atoms with Crippen molar-refractivity contribution in [2.24, 2.45) is 0 Å².